The van der Waals surface area contributed by atoms with Gasteiger partial charge in [-0.1, -0.05) is 13.8 Å². The SMILES string of the molecule is CC1CC(C)CC(C2NCCOC2(C)C)C1. The summed E-state index contributed by atoms with van der Waals surface area (Å²) in [4.78, 5) is 0. The van der Waals surface area contributed by atoms with Gasteiger partial charge in [0.2, 0.25) is 0 Å². The van der Waals surface area contributed by atoms with E-state index in [4.69, 9.17) is 4.74 Å². The molecule has 0 aromatic rings. The van der Waals surface area contributed by atoms with Gasteiger partial charge in [-0.3, -0.25) is 0 Å². The normalized spacial score (nSPS) is 44.2. The zero-order valence-electron chi connectivity index (χ0n) is 11.3. The van der Waals surface area contributed by atoms with Gasteiger partial charge in [0.15, 0.2) is 0 Å². The maximum absolute atomic E-state index is 5.94. The molecule has 0 spiro atoms. The predicted molar refractivity (Wildman–Crippen MR) is 67.5 cm³/mol. The van der Waals surface area contributed by atoms with Gasteiger partial charge < -0.3 is 10.1 Å². The van der Waals surface area contributed by atoms with Crippen LogP contribution >= 0.6 is 0 Å². The fourth-order valence-corrected chi connectivity index (χ4v) is 3.88. The zero-order valence-corrected chi connectivity index (χ0v) is 11.3. The third-order valence-electron chi connectivity index (χ3n) is 4.38. The molecule has 0 aromatic heterocycles. The van der Waals surface area contributed by atoms with Gasteiger partial charge in [-0.15, -0.1) is 0 Å². The van der Waals surface area contributed by atoms with Crippen molar-refractivity contribution in [3.05, 3.63) is 0 Å². The van der Waals surface area contributed by atoms with E-state index in [1.54, 1.807) is 0 Å². The average Bonchev–Trinajstić information content (AvgIpc) is 2.15. The van der Waals surface area contributed by atoms with Gasteiger partial charge in [0.1, 0.15) is 0 Å². The van der Waals surface area contributed by atoms with E-state index in [2.05, 4.69) is 33.0 Å². The molecule has 0 radical (unpaired) electrons. The average molecular weight is 225 g/mol. The molecule has 0 aromatic carbocycles. The fourth-order valence-electron chi connectivity index (χ4n) is 3.88. The highest BCUT2D eigenvalue weighted by Gasteiger charge is 2.40. The Morgan fingerprint density at radius 1 is 1.06 bits per heavy atom. The minimum atomic E-state index is 0.0136. The molecule has 94 valence electrons. The summed E-state index contributed by atoms with van der Waals surface area (Å²) in [6.45, 7) is 11.2. The molecule has 3 unspecified atom stereocenters. The van der Waals surface area contributed by atoms with E-state index in [0.717, 1.165) is 30.9 Å². The van der Waals surface area contributed by atoms with Crippen LogP contribution in [0, 0.1) is 17.8 Å². The molecule has 2 nitrogen and oxygen atoms in total. The molecule has 2 fully saturated rings. The number of hydrogen-bond donors (Lipinski definition) is 1. The van der Waals surface area contributed by atoms with Crippen LogP contribution in [0.3, 0.4) is 0 Å². The molecular weight excluding hydrogens is 198 g/mol. The fraction of sp³-hybridized carbons (Fsp3) is 1.00. The van der Waals surface area contributed by atoms with Crippen molar-refractivity contribution in [1.82, 2.24) is 5.32 Å². The van der Waals surface area contributed by atoms with E-state index in [9.17, 15) is 0 Å². The third kappa shape index (κ3) is 2.60. The second-order valence-corrected chi connectivity index (χ2v) is 6.56. The molecule has 3 atom stereocenters. The Balaban J connectivity index is 2.04. The first kappa shape index (κ1) is 12.4. The van der Waals surface area contributed by atoms with E-state index < -0.39 is 0 Å². The third-order valence-corrected chi connectivity index (χ3v) is 4.38. The quantitative estimate of drug-likeness (QED) is 0.741. The van der Waals surface area contributed by atoms with Crippen molar-refractivity contribution < 1.29 is 4.74 Å². The summed E-state index contributed by atoms with van der Waals surface area (Å²) in [6, 6.07) is 0.548. The van der Waals surface area contributed by atoms with Crippen LogP contribution in [0.1, 0.15) is 47.0 Å². The summed E-state index contributed by atoms with van der Waals surface area (Å²) in [5.41, 5.74) is 0.0136. The number of ether oxygens (including phenoxy) is 1. The van der Waals surface area contributed by atoms with E-state index in [-0.39, 0.29) is 5.60 Å². The van der Waals surface area contributed by atoms with Gasteiger partial charge in [-0.2, -0.15) is 0 Å². The molecule has 2 rings (SSSR count). The molecule has 0 amide bonds. The van der Waals surface area contributed by atoms with Crippen molar-refractivity contribution in [2.45, 2.75) is 58.6 Å². The molecule has 1 saturated heterocycles. The minimum absolute atomic E-state index is 0.0136. The lowest BCUT2D eigenvalue weighted by Crippen LogP contribution is -2.59. The molecule has 1 aliphatic heterocycles. The standard InChI is InChI=1S/C14H27NO/c1-10-7-11(2)9-12(8-10)13-14(3,4)16-6-5-15-13/h10-13,15H,5-9H2,1-4H3. The highest BCUT2D eigenvalue weighted by molar-refractivity contribution is 4.95. The predicted octanol–water partition coefficient (Wildman–Crippen LogP) is 2.83. The van der Waals surface area contributed by atoms with Crippen LogP contribution in [0.15, 0.2) is 0 Å². The first-order chi connectivity index (χ1) is 7.49. The van der Waals surface area contributed by atoms with Crippen LogP contribution in [0.5, 0.6) is 0 Å². The molecule has 0 bridgehead atoms. The molecule has 1 N–H and O–H groups in total. The minimum Gasteiger partial charge on any atom is -0.373 e. The Morgan fingerprint density at radius 2 is 1.69 bits per heavy atom. The monoisotopic (exact) mass is 225 g/mol. The first-order valence-electron chi connectivity index (χ1n) is 6.86. The maximum atomic E-state index is 5.94. The van der Waals surface area contributed by atoms with Crippen molar-refractivity contribution in [2.75, 3.05) is 13.2 Å². The number of morpholine rings is 1. The number of nitrogens with one attached hydrogen (secondary N) is 1. The van der Waals surface area contributed by atoms with Gasteiger partial charge in [0.05, 0.1) is 12.2 Å². The molecule has 1 heterocycles. The lowest BCUT2D eigenvalue weighted by molar-refractivity contribution is -0.0934. The van der Waals surface area contributed by atoms with Crippen LogP contribution in [-0.4, -0.2) is 24.8 Å². The smallest absolute Gasteiger partial charge is 0.0782 e. The largest absolute Gasteiger partial charge is 0.373 e. The molecule has 2 heteroatoms. The highest BCUT2D eigenvalue weighted by atomic mass is 16.5. The van der Waals surface area contributed by atoms with Gasteiger partial charge >= 0.3 is 0 Å². The summed E-state index contributed by atoms with van der Waals surface area (Å²) in [6.07, 6.45) is 4.15. The second-order valence-electron chi connectivity index (χ2n) is 6.56. The zero-order chi connectivity index (χ0) is 11.8. The van der Waals surface area contributed by atoms with Crippen LogP contribution in [0.25, 0.3) is 0 Å². The van der Waals surface area contributed by atoms with Gasteiger partial charge in [0.25, 0.3) is 0 Å². The Morgan fingerprint density at radius 3 is 2.25 bits per heavy atom. The van der Waals surface area contributed by atoms with Crippen molar-refractivity contribution in [1.29, 1.82) is 0 Å². The summed E-state index contributed by atoms with van der Waals surface area (Å²) < 4.78 is 5.94. The maximum Gasteiger partial charge on any atom is 0.0782 e. The van der Waals surface area contributed by atoms with Crippen molar-refractivity contribution in [2.24, 2.45) is 17.8 Å². The van der Waals surface area contributed by atoms with Crippen molar-refractivity contribution in [3.63, 3.8) is 0 Å². The second kappa shape index (κ2) is 4.66. The lowest BCUT2D eigenvalue weighted by atomic mass is 9.70. The van der Waals surface area contributed by atoms with Crippen molar-refractivity contribution >= 4 is 0 Å². The molecule has 2 aliphatic rings. The lowest BCUT2D eigenvalue weighted by Gasteiger charge is -2.46. The van der Waals surface area contributed by atoms with Gasteiger partial charge in [-0.05, 0) is 50.9 Å². The number of hydrogen-bond acceptors (Lipinski definition) is 2. The van der Waals surface area contributed by atoms with Crippen LogP contribution in [0.2, 0.25) is 0 Å². The van der Waals surface area contributed by atoms with Crippen LogP contribution < -0.4 is 5.32 Å². The highest BCUT2D eigenvalue weighted by Crippen LogP contribution is 2.38. The molecule has 16 heavy (non-hydrogen) atoms. The van der Waals surface area contributed by atoms with Gasteiger partial charge in [0, 0.05) is 12.6 Å². The Hall–Kier alpha value is -0.0800. The Kier molecular flexibility index (Phi) is 3.60. The van der Waals surface area contributed by atoms with E-state index in [1.807, 2.05) is 0 Å². The molecule has 1 aliphatic carbocycles. The van der Waals surface area contributed by atoms with Gasteiger partial charge in [-0.25, -0.2) is 0 Å². The Labute approximate surface area is 100 Å². The topological polar surface area (TPSA) is 21.3 Å². The Bertz CT molecular complexity index is 229. The van der Waals surface area contributed by atoms with Crippen LogP contribution in [0.4, 0.5) is 0 Å². The number of rotatable bonds is 1. The summed E-state index contributed by atoms with van der Waals surface area (Å²) in [5.74, 6) is 2.57. The molecular formula is C14H27NO. The van der Waals surface area contributed by atoms with E-state index in [1.165, 1.54) is 19.3 Å². The van der Waals surface area contributed by atoms with Crippen LogP contribution in [-0.2, 0) is 4.74 Å². The summed E-state index contributed by atoms with van der Waals surface area (Å²) >= 11 is 0. The van der Waals surface area contributed by atoms with E-state index in [0.29, 0.717) is 6.04 Å². The van der Waals surface area contributed by atoms with Crippen molar-refractivity contribution in [3.8, 4) is 0 Å². The molecule has 1 saturated carbocycles. The first-order valence-corrected chi connectivity index (χ1v) is 6.86. The summed E-state index contributed by atoms with van der Waals surface area (Å²) in [7, 11) is 0. The summed E-state index contributed by atoms with van der Waals surface area (Å²) in [5, 5.41) is 3.70. The van der Waals surface area contributed by atoms with E-state index >= 15 is 0 Å².